The molecular weight excluding hydrogens is 397 g/mol. The van der Waals surface area contributed by atoms with E-state index in [1.54, 1.807) is 19.9 Å². The monoisotopic (exact) mass is 414 g/mol. The van der Waals surface area contributed by atoms with E-state index in [0.717, 1.165) is 12.1 Å². The van der Waals surface area contributed by atoms with Crippen LogP contribution in [0.15, 0.2) is 30.3 Å². The van der Waals surface area contributed by atoms with Crippen molar-refractivity contribution in [2.24, 2.45) is 0 Å². The number of rotatable bonds is 6. The van der Waals surface area contributed by atoms with Gasteiger partial charge in [-0.15, -0.1) is 13.2 Å². The van der Waals surface area contributed by atoms with Gasteiger partial charge in [-0.3, -0.25) is 14.6 Å². The number of ether oxygens (including phenoxy) is 1. The summed E-state index contributed by atoms with van der Waals surface area (Å²) in [4.78, 5) is 28.0. The Hall–Kier alpha value is -2.61. The predicted octanol–water partition coefficient (Wildman–Crippen LogP) is 4.56. The lowest BCUT2D eigenvalue weighted by Crippen LogP contribution is -2.27. The number of alkyl halides is 3. The van der Waals surface area contributed by atoms with Crippen LogP contribution in [0.1, 0.15) is 47.2 Å². The second-order valence-electron chi connectivity index (χ2n) is 6.33. The number of Topliss-reactive ketones (excluding diaryl/α,β-unsaturated/α-hetero) is 1. The molecule has 0 aliphatic heterocycles. The van der Waals surface area contributed by atoms with Crippen molar-refractivity contribution in [1.82, 2.24) is 10.3 Å². The van der Waals surface area contributed by atoms with Crippen LogP contribution in [0.4, 0.5) is 13.2 Å². The first-order chi connectivity index (χ1) is 12.9. The number of amides is 1. The van der Waals surface area contributed by atoms with Crippen molar-refractivity contribution in [3.05, 3.63) is 57.9 Å². The first-order valence-corrected chi connectivity index (χ1v) is 8.65. The van der Waals surface area contributed by atoms with Gasteiger partial charge in [0.1, 0.15) is 11.5 Å². The molecule has 2 rings (SSSR count). The minimum absolute atomic E-state index is 0.0429. The van der Waals surface area contributed by atoms with Gasteiger partial charge >= 0.3 is 6.36 Å². The third kappa shape index (κ3) is 6.53. The molecule has 0 aliphatic carbocycles. The SMILES string of the molecule is CC(=O)Cc1cc(C(=O)NC(C)c2cc(Cl)cc(OC(F)(F)F)c2)cc(C)n1. The number of benzene rings is 1. The summed E-state index contributed by atoms with van der Waals surface area (Å²) < 4.78 is 41.2. The molecule has 1 aromatic carbocycles. The van der Waals surface area contributed by atoms with Crippen molar-refractivity contribution in [2.45, 2.75) is 39.6 Å². The third-order valence-corrected chi connectivity index (χ3v) is 3.89. The van der Waals surface area contributed by atoms with Crippen LogP contribution < -0.4 is 10.1 Å². The minimum atomic E-state index is -4.85. The lowest BCUT2D eigenvalue weighted by molar-refractivity contribution is -0.274. The van der Waals surface area contributed by atoms with Gasteiger partial charge in [0.2, 0.25) is 0 Å². The Labute approximate surface area is 164 Å². The Morgan fingerprint density at radius 1 is 1.21 bits per heavy atom. The van der Waals surface area contributed by atoms with E-state index in [9.17, 15) is 22.8 Å². The van der Waals surface area contributed by atoms with E-state index >= 15 is 0 Å². The fourth-order valence-electron chi connectivity index (χ4n) is 2.60. The number of carbonyl (C=O) groups excluding carboxylic acids is 2. The molecule has 0 saturated heterocycles. The van der Waals surface area contributed by atoms with E-state index in [4.69, 9.17) is 11.6 Å². The van der Waals surface area contributed by atoms with E-state index < -0.39 is 24.1 Å². The number of halogens is 4. The average Bonchev–Trinajstić information content (AvgIpc) is 2.51. The number of hydrogen-bond acceptors (Lipinski definition) is 4. The van der Waals surface area contributed by atoms with Crippen LogP contribution in [0.3, 0.4) is 0 Å². The van der Waals surface area contributed by atoms with E-state index in [1.165, 1.54) is 19.1 Å². The van der Waals surface area contributed by atoms with Gasteiger partial charge in [-0.1, -0.05) is 11.6 Å². The summed E-state index contributed by atoms with van der Waals surface area (Å²) >= 11 is 5.87. The van der Waals surface area contributed by atoms with Gasteiger partial charge in [0.25, 0.3) is 5.91 Å². The fraction of sp³-hybridized carbons (Fsp3) is 0.316. The highest BCUT2D eigenvalue weighted by Crippen LogP contribution is 2.29. The van der Waals surface area contributed by atoms with Crippen molar-refractivity contribution in [2.75, 3.05) is 0 Å². The zero-order chi connectivity index (χ0) is 21.1. The highest BCUT2D eigenvalue weighted by molar-refractivity contribution is 6.30. The van der Waals surface area contributed by atoms with Crippen LogP contribution in [0.5, 0.6) is 5.75 Å². The highest BCUT2D eigenvalue weighted by Gasteiger charge is 2.31. The summed E-state index contributed by atoms with van der Waals surface area (Å²) in [6.45, 7) is 4.72. The topological polar surface area (TPSA) is 68.3 Å². The Morgan fingerprint density at radius 3 is 2.50 bits per heavy atom. The highest BCUT2D eigenvalue weighted by atomic mass is 35.5. The Kier molecular flexibility index (Phi) is 6.66. The molecule has 28 heavy (non-hydrogen) atoms. The van der Waals surface area contributed by atoms with Gasteiger partial charge in [-0.05, 0) is 56.7 Å². The number of carbonyl (C=O) groups is 2. The molecule has 2 aromatic rings. The molecule has 1 N–H and O–H groups in total. The van der Waals surface area contributed by atoms with Gasteiger partial charge in [0, 0.05) is 28.4 Å². The predicted molar refractivity (Wildman–Crippen MR) is 97.4 cm³/mol. The smallest absolute Gasteiger partial charge is 0.406 e. The summed E-state index contributed by atoms with van der Waals surface area (Å²) in [6.07, 6.45) is -4.75. The number of nitrogens with zero attached hydrogens (tertiary/aromatic N) is 1. The summed E-state index contributed by atoms with van der Waals surface area (Å²) in [5.74, 6) is -1.02. The van der Waals surface area contributed by atoms with Gasteiger partial charge < -0.3 is 10.1 Å². The maximum absolute atomic E-state index is 12.5. The molecule has 9 heteroatoms. The van der Waals surface area contributed by atoms with Gasteiger partial charge in [0.05, 0.1) is 6.04 Å². The average molecular weight is 415 g/mol. The molecule has 1 amide bonds. The van der Waals surface area contributed by atoms with Crippen molar-refractivity contribution in [3.8, 4) is 5.75 Å². The molecular formula is C19H18ClF3N2O3. The van der Waals surface area contributed by atoms with Crippen LogP contribution in [0.25, 0.3) is 0 Å². The standard InChI is InChI=1S/C19H18ClF3N2O3/c1-10-4-14(7-16(24-10)5-11(2)26)18(27)25-12(3)13-6-15(20)9-17(8-13)28-19(21,22)23/h4,6-9,12H,5H2,1-3H3,(H,25,27). The molecule has 1 unspecified atom stereocenters. The van der Waals surface area contributed by atoms with E-state index in [0.29, 0.717) is 22.5 Å². The van der Waals surface area contributed by atoms with Gasteiger partial charge in [-0.2, -0.15) is 0 Å². The maximum Gasteiger partial charge on any atom is 0.573 e. The number of aromatic nitrogens is 1. The minimum Gasteiger partial charge on any atom is -0.406 e. The molecule has 1 atom stereocenters. The molecule has 0 fully saturated rings. The largest absolute Gasteiger partial charge is 0.573 e. The molecule has 0 radical (unpaired) electrons. The number of hydrogen-bond donors (Lipinski definition) is 1. The molecule has 0 spiro atoms. The lowest BCUT2D eigenvalue weighted by atomic mass is 10.1. The summed E-state index contributed by atoms with van der Waals surface area (Å²) in [5.41, 5.74) is 1.67. The van der Waals surface area contributed by atoms with E-state index in [-0.39, 0.29) is 17.2 Å². The normalized spacial score (nSPS) is 12.4. The van der Waals surface area contributed by atoms with Crippen LogP contribution in [-0.2, 0) is 11.2 Å². The summed E-state index contributed by atoms with van der Waals surface area (Å²) in [7, 11) is 0. The molecule has 1 heterocycles. The number of aryl methyl sites for hydroxylation is 1. The van der Waals surface area contributed by atoms with Crippen LogP contribution in [-0.4, -0.2) is 23.0 Å². The van der Waals surface area contributed by atoms with Crippen LogP contribution >= 0.6 is 11.6 Å². The Balaban J connectivity index is 2.20. The number of nitrogens with one attached hydrogen (secondary N) is 1. The molecule has 0 aliphatic rings. The van der Waals surface area contributed by atoms with E-state index in [2.05, 4.69) is 15.0 Å². The zero-order valence-corrected chi connectivity index (χ0v) is 16.1. The molecule has 0 bridgehead atoms. The van der Waals surface area contributed by atoms with E-state index in [1.807, 2.05) is 0 Å². The molecule has 1 aromatic heterocycles. The van der Waals surface area contributed by atoms with Crippen LogP contribution in [0.2, 0.25) is 5.02 Å². The number of pyridine rings is 1. The summed E-state index contributed by atoms with van der Waals surface area (Å²) in [5, 5.41) is 2.73. The number of ketones is 1. The van der Waals surface area contributed by atoms with Gasteiger partial charge in [0.15, 0.2) is 0 Å². The Bertz CT molecular complexity index is 900. The third-order valence-electron chi connectivity index (χ3n) is 3.67. The van der Waals surface area contributed by atoms with Gasteiger partial charge in [-0.25, -0.2) is 0 Å². The van der Waals surface area contributed by atoms with Crippen molar-refractivity contribution in [1.29, 1.82) is 0 Å². The quantitative estimate of drug-likeness (QED) is 0.752. The van der Waals surface area contributed by atoms with Crippen molar-refractivity contribution < 1.29 is 27.5 Å². The second kappa shape index (κ2) is 8.60. The molecule has 150 valence electrons. The first kappa shape index (κ1) is 21.7. The molecule has 0 saturated carbocycles. The van der Waals surface area contributed by atoms with Crippen LogP contribution in [0, 0.1) is 6.92 Å². The molecule has 5 nitrogen and oxygen atoms in total. The summed E-state index contributed by atoms with van der Waals surface area (Å²) in [6, 6.07) is 6.05. The Morgan fingerprint density at radius 2 is 1.89 bits per heavy atom. The van der Waals surface area contributed by atoms with Crippen molar-refractivity contribution >= 4 is 23.3 Å². The maximum atomic E-state index is 12.5. The van der Waals surface area contributed by atoms with Crippen molar-refractivity contribution in [3.63, 3.8) is 0 Å². The second-order valence-corrected chi connectivity index (χ2v) is 6.77. The zero-order valence-electron chi connectivity index (χ0n) is 15.4. The lowest BCUT2D eigenvalue weighted by Gasteiger charge is -2.17. The first-order valence-electron chi connectivity index (χ1n) is 8.27. The fourth-order valence-corrected chi connectivity index (χ4v) is 2.84.